The van der Waals surface area contributed by atoms with Crippen molar-refractivity contribution >= 4 is 34.9 Å². The topological polar surface area (TPSA) is 110 Å². The van der Waals surface area contributed by atoms with E-state index >= 15 is 0 Å². The van der Waals surface area contributed by atoms with Gasteiger partial charge >= 0.3 is 0 Å². The number of amides is 1. The molecule has 0 aromatic heterocycles. The highest BCUT2D eigenvalue weighted by Gasteiger charge is 2.70. The fourth-order valence-corrected chi connectivity index (χ4v) is 6.98. The summed E-state index contributed by atoms with van der Waals surface area (Å²) in [5.74, 6) is -2.21. The first-order valence-corrected chi connectivity index (χ1v) is 13.7. The van der Waals surface area contributed by atoms with Gasteiger partial charge in [0.15, 0.2) is 11.6 Å². The van der Waals surface area contributed by atoms with Gasteiger partial charge in [-0.25, -0.2) is 0 Å². The highest BCUT2D eigenvalue weighted by atomic mass is 16.6. The van der Waals surface area contributed by atoms with Gasteiger partial charge in [0.2, 0.25) is 5.91 Å². The van der Waals surface area contributed by atoms with Gasteiger partial charge in [0, 0.05) is 35.1 Å². The van der Waals surface area contributed by atoms with Crippen molar-refractivity contribution in [2.24, 2.45) is 5.92 Å². The summed E-state index contributed by atoms with van der Waals surface area (Å²) in [4.78, 5) is 56.4. The number of hydrogen-bond acceptors (Lipinski definition) is 6. The Morgan fingerprint density at radius 3 is 2.24 bits per heavy atom. The van der Waals surface area contributed by atoms with E-state index < -0.39 is 34.1 Å². The highest BCUT2D eigenvalue weighted by Crippen LogP contribution is 2.62. The minimum absolute atomic E-state index is 0.154. The van der Waals surface area contributed by atoms with Crippen molar-refractivity contribution in [2.75, 3.05) is 5.32 Å². The molecule has 1 saturated heterocycles. The molecule has 4 aromatic rings. The standard InChI is InChI=1S/C34H25N3O5/c1-20-10-12-23(13-11-20)31(39)29-28(30(38)22-14-16-24(17-15-22)37(41)42)34(26-8-4-5-9-27(26)35-33(34)40)32-25-7-3-2-6-21(25)18-19-36(29)32/h2-19,28-29,32H,1H3,(H,35,40). The molecular formula is C34H25N3O5. The van der Waals surface area contributed by atoms with Crippen LogP contribution in [0.2, 0.25) is 0 Å². The van der Waals surface area contributed by atoms with E-state index in [0.29, 0.717) is 16.8 Å². The van der Waals surface area contributed by atoms with Crippen LogP contribution in [0.5, 0.6) is 0 Å². The van der Waals surface area contributed by atoms with Gasteiger partial charge in [0.05, 0.1) is 16.9 Å². The molecule has 3 heterocycles. The van der Waals surface area contributed by atoms with Crippen LogP contribution in [0.25, 0.3) is 6.08 Å². The number of nitrogens with zero attached hydrogens (tertiary/aromatic N) is 2. The first-order valence-electron chi connectivity index (χ1n) is 13.7. The molecule has 0 aliphatic carbocycles. The average Bonchev–Trinajstić information content (AvgIpc) is 3.49. The van der Waals surface area contributed by atoms with Gasteiger partial charge in [-0.3, -0.25) is 24.5 Å². The summed E-state index contributed by atoms with van der Waals surface area (Å²) in [7, 11) is 0. The Kier molecular flexibility index (Phi) is 5.69. The summed E-state index contributed by atoms with van der Waals surface area (Å²) in [6.45, 7) is 1.93. The van der Waals surface area contributed by atoms with Gasteiger partial charge < -0.3 is 10.2 Å². The van der Waals surface area contributed by atoms with Crippen molar-refractivity contribution in [3.63, 3.8) is 0 Å². The van der Waals surface area contributed by atoms with E-state index in [1.54, 1.807) is 18.2 Å². The minimum atomic E-state index is -1.46. The third kappa shape index (κ3) is 3.51. The number of benzene rings is 4. The van der Waals surface area contributed by atoms with E-state index in [9.17, 15) is 24.5 Å². The second kappa shape index (κ2) is 9.34. The molecule has 0 bridgehead atoms. The number of carbonyl (C=O) groups excluding carboxylic acids is 3. The Hall–Kier alpha value is -5.37. The molecule has 8 heteroatoms. The van der Waals surface area contributed by atoms with Crippen molar-refractivity contribution in [1.82, 2.24) is 4.90 Å². The number of fused-ring (bicyclic) bond motifs is 6. The van der Waals surface area contributed by atoms with E-state index in [1.807, 2.05) is 78.7 Å². The summed E-state index contributed by atoms with van der Waals surface area (Å²) in [6, 6.07) is 25.9. The Bertz CT molecular complexity index is 1830. The summed E-state index contributed by atoms with van der Waals surface area (Å²) in [5.41, 5.74) is 2.99. The van der Waals surface area contributed by atoms with E-state index in [-0.39, 0.29) is 22.9 Å². The molecule has 4 unspecified atom stereocenters. The lowest BCUT2D eigenvalue weighted by Crippen LogP contribution is -2.49. The second-order valence-corrected chi connectivity index (χ2v) is 11.0. The number of nitro benzene ring substituents is 1. The number of ketones is 2. The zero-order valence-electron chi connectivity index (χ0n) is 22.6. The Morgan fingerprint density at radius 1 is 0.857 bits per heavy atom. The van der Waals surface area contributed by atoms with Crippen LogP contribution in [-0.4, -0.2) is 33.3 Å². The summed E-state index contributed by atoms with van der Waals surface area (Å²) in [6.07, 6.45) is 3.73. The zero-order chi connectivity index (χ0) is 29.2. The van der Waals surface area contributed by atoms with Crippen LogP contribution in [0.3, 0.4) is 0 Å². The fraction of sp³-hybridized carbons (Fsp3) is 0.147. The maximum atomic E-state index is 14.7. The van der Waals surface area contributed by atoms with Crippen LogP contribution in [0, 0.1) is 23.0 Å². The van der Waals surface area contributed by atoms with E-state index in [2.05, 4.69) is 5.32 Å². The van der Waals surface area contributed by atoms with Gasteiger partial charge in [-0.05, 0) is 47.9 Å². The van der Waals surface area contributed by atoms with Crippen LogP contribution >= 0.6 is 0 Å². The maximum Gasteiger partial charge on any atom is 0.269 e. The molecule has 1 N–H and O–H groups in total. The zero-order valence-corrected chi connectivity index (χ0v) is 22.6. The second-order valence-electron chi connectivity index (χ2n) is 11.0. The molecule has 4 atom stereocenters. The quantitative estimate of drug-likeness (QED) is 0.187. The lowest BCUT2D eigenvalue weighted by Gasteiger charge is -2.38. The monoisotopic (exact) mass is 555 g/mol. The normalized spacial score (nSPS) is 23.2. The number of para-hydroxylation sites is 1. The Labute approximate surface area is 241 Å². The highest BCUT2D eigenvalue weighted by molar-refractivity contribution is 6.16. The molecule has 7 rings (SSSR count). The molecule has 206 valence electrons. The minimum Gasteiger partial charge on any atom is -0.358 e. The van der Waals surface area contributed by atoms with Crippen LogP contribution in [-0.2, 0) is 10.2 Å². The first kappa shape index (κ1) is 25.6. The molecule has 1 spiro atoms. The number of anilines is 1. The van der Waals surface area contributed by atoms with E-state index in [4.69, 9.17) is 0 Å². The SMILES string of the molecule is Cc1ccc(C(=O)C2C(C(=O)c3ccc([N+](=O)[O-])cc3)C3(C(=O)Nc4ccccc43)C3c4ccccc4C=CN23)cc1. The smallest absolute Gasteiger partial charge is 0.269 e. The average molecular weight is 556 g/mol. The fourth-order valence-electron chi connectivity index (χ4n) is 6.98. The van der Waals surface area contributed by atoms with Crippen molar-refractivity contribution in [3.8, 4) is 0 Å². The molecule has 1 amide bonds. The molecule has 3 aliphatic heterocycles. The summed E-state index contributed by atoms with van der Waals surface area (Å²) < 4.78 is 0. The number of nitrogens with one attached hydrogen (secondary N) is 1. The summed E-state index contributed by atoms with van der Waals surface area (Å²) >= 11 is 0. The molecule has 8 nitrogen and oxygen atoms in total. The number of hydrogen-bond donors (Lipinski definition) is 1. The van der Waals surface area contributed by atoms with Gasteiger partial charge in [0.1, 0.15) is 11.5 Å². The largest absolute Gasteiger partial charge is 0.358 e. The number of non-ortho nitro benzene ring substituents is 1. The first-order chi connectivity index (χ1) is 20.3. The predicted octanol–water partition coefficient (Wildman–Crippen LogP) is 5.88. The lowest BCUT2D eigenvalue weighted by molar-refractivity contribution is -0.384. The third-order valence-electron chi connectivity index (χ3n) is 8.82. The molecule has 4 aromatic carbocycles. The van der Waals surface area contributed by atoms with Crippen molar-refractivity contribution < 1.29 is 19.3 Å². The van der Waals surface area contributed by atoms with Gasteiger partial charge in [0.25, 0.3) is 5.69 Å². The number of nitro groups is 1. The lowest BCUT2D eigenvalue weighted by atomic mass is 9.62. The van der Waals surface area contributed by atoms with Crippen LogP contribution in [0.15, 0.2) is 103 Å². The van der Waals surface area contributed by atoms with Gasteiger partial charge in [-0.2, -0.15) is 0 Å². The molecule has 42 heavy (non-hydrogen) atoms. The van der Waals surface area contributed by atoms with Crippen LogP contribution in [0.1, 0.15) is 49.0 Å². The third-order valence-corrected chi connectivity index (χ3v) is 8.82. The van der Waals surface area contributed by atoms with Crippen molar-refractivity contribution in [2.45, 2.75) is 24.4 Å². The number of aryl methyl sites for hydroxylation is 1. The number of Topliss-reactive ketones (excluding diaryl/α,β-unsaturated/α-hetero) is 2. The maximum absolute atomic E-state index is 14.7. The molecule has 0 saturated carbocycles. The Morgan fingerprint density at radius 2 is 1.50 bits per heavy atom. The van der Waals surface area contributed by atoms with Gasteiger partial charge in [-0.1, -0.05) is 72.3 Å². The molecule has 1 fully saturated rings. The number of rotatable bonds is 5. The van der Waals surface area contributed by atoms with E-state index in [1.165, 1.54) is 24.3 Å². The van der Waals surface area contributed by atoms with Crippen molar-refractivity contribution in [3.05, 3.63) is 147 Å². The molecular weight excluding hydrogens is 530 g/mol. The summed E-state index contributed by atoms with van der Waals surface area (Å²) in [5, 5.41) is 14.4. The predicted molar refractivity (Wildman–Crippen MR) is 157 cm³/mol. The van der Waals surface area contributed by atoms with Gasteiger partial charge in [-0.15, -0.1) is 0 Å². The molecule has 3 aliphatic rings. The van der Waals surface area contributed by atoms with Crippen LogP contribution in [0.4, 0.5) is 11.4 Å². The van der Waals surface area contributed by atoms with Crippen molar-refractivity contribution in [1.29, 1.82) is 0 Å². The van der Waals surface area contributed by atoms with Crippen LogP contribution < -0.4 is 5.32 Å². The molecule has 0 radical (unpaired) electrons. The Balaban J connectivity index is 1.51. The number of carbonyl (C=O) groups is 3. The van der Waals surface area contributed by atoms with E-state index in [0.717, 1.165) is 16.7 Å².